The van der Waals surface area contributed by atoms with Crippen molar-refractivity contribution >= 4 is 5.97 Å². The number of rotatable bonds is 1. The molecule has 2 unspecified atom stereocenters. The molecule has 1 fully saturated rings. The summed E-state index contributed by atoms with van der Waals surface area (Å²) in [6.07, 6.45) is 0.0139. The van der Waals surface area contributed by atoms with Crippen LogP contribution in [0, 0.1) is 0 Å². The number of aliphatic hydroxyl groups is 1. The molecule has 0 saturated carbocycles. The van der Waals surface area contributed by atoms with Crippen LogP contribution in [0.25, 0.3) is 0 Å². The molecule has 68 valence electrons. The van der Waals surface area contributed by atoms with E-state index in [4.69, 9.17) is 4.74 Å². The summed E-state index contributed by atoms with van der Waals surface area (Å²) >= 11 is 0. The van der Waals surface area contributed by atoms with Crippen LogP contribution in [0.3, 0.4) is 0 Å². The van der Waals surface area contributed by atoms with Crippen molar-refractivity contribution in [3.05, 3.63) is 12.3 Å². The van der Waals surface area contributed by atoms with Crippen molar-refractivity contribution in [1.29, 1.82) is 0 Å². The molecule has 0 aromatic heterocycles. The van der Waals surface area contributed by atoms with Crippen LogP contribution in [0.2, 0.25) is 0 Å². The molecular formula is C8H12O4. The van der Waals surface area contributed by atoms with Crippen LogP contribution in [0.4, 0.5) is 0 Å². The average Bonchev–Trinajstić information content (AvgIpc) is 2.26. The Labute approximate surface area is 70.8 Å². The van der Waals surface area contributed by atoms with Crippen LogP contribution in [-0.4, -0.2) is 29.9 Å². The van der Waals surface area contributed by atoms with Crippen LogP contribution >= 0.6 is 0 Å². The molecule has 0 spiro atoms. The zero-order chi connectivity index (χ0) is 9.35. The molecule has 0 bridgehead atoms. The lowest BCUT2D eigenvalue weighted by Crippen LogP contribution is -2.38. The molecule has 1 N–H and O–H groups in total. The highest BCUT2D eigenvalue weighted by Gasteiger charge is 2.48. The normalized spacial score (nSPS) is 34.6. The molecule has 0 amide bonds. The molecule has 1 rings (SSSR count). The lowest BCUT2D eigenvalue weighted by Gasteiger charge is -2.16. The third kappa shape index (κ3) is 1.18. The van der Waals surface area contributed by atoms with Crippen molar-refractivity contribution < 1.29 is 19.4 Å². The van der Waals surface area contributed by atoms with E-state index in [0.717, 1.165) is 0 Å². The maximum absolute atomic E-state index is 11.1. The van der Waals surface area contributed by atoms with E-state index in [1.807, 2.05) is 0 Å². The van der Waals surface area contributed by atoms with E-state index in [9.17, 15) is 9.90 Å². The highest BCUT2D eigenvalue weighted by atomic mass is 16.6. The number of ether oxygens (including phenoxy) is 2. The smallest absolute Gasteiger partial charge is 0.345 e. The van der Waals surface area contributed by atoms with Gasteiger partial charge in [-0.05, 0) is 6.92 Å². The Morgan fingerprint density at radius 3 is 2.83 bits per heavy atom. The van der Waals surface area contributed by atoms with Gasteiger partial charge in [-0.25, -0.2) is 4.79 Å². The molecule has 0 aliphatic carbocycles. The fraction of sp³-hybridized carbons (Fsp3) is 0.625. The summed E-state index contributed by atoms with van der Waals surface area (Å²) in [5.74, 6) is -0.640. The van der Waals surface area contributed by atoms with Crippen molar-refractivity contribution in [2.24, 2.45) is 0 Å². The zero-order valence-electron chi connectivity index (χ0n) is 7.16. The van der Waals surface area contributed by atoms with E-state index in [-0.39, 0.29) is 18.3 Å². The van der Waals surface area contributed by atoms with Gasteiger partial charge in [0.15, 0.2) is 0 Å². The fourth-order valence-corrected chi connectivity index (χ4v) is 1.28. The third-order valence-electron chi connectivity index (χ3n) is 1.91. The third-order valence-corrected chi connectivity index (χ3v) is 1.91. The Morgan fingerprint density at radius 1 is 1.92 bits per heavy atom. The van der Waals surface area contributed by atoms with Crippen LogP contribution in [0.15, 0.2) is 12.3 Å². The molecule has 4 nitrogen and oxygen atoms in total. The molecule has 1 saturated heterocycles. The number of carbonyl (C=O) groups is 1. The Balaban J connectivity index is 2.84. The van der Waals surface area contributed by atoms with E-state index < -0.39 is 11.6 Å². The van der Waals surface area contributed by atoms with Crippen LogP contribution < -0.4 is 0 Å². The van der Waals surface area contributed by atoms with E-state index in [1.165, 1.54) is 7.11 Å². The maximum Gasteiger partial charge on any atom is 0.345 e. The van der Waals surface area contributed by atoms with Gasteiger partial charge >= 0.3 is 5.97 Å². The Hall–Kier alpha value is -1.03. The molecule has 1 heterocycles. The Morgan fingerprint density at radius 2 is 2.50 bits per heavy atom. The van der Waals surface area contributed by atoms with Gasteiger partial charge in [-0.15, -0.1) is 0 Å². The maximum atomic E-state index is 11.1. The highest BCUT2D eigenvalue weighted by molar-refractivity contribution is 5.83. The average molecular weight is 172 g/mol. The summed E-state index contributed by atoms with van der Waals surface area (Å²) in [5, 5.41) is 9.70. The highest BCUT2D eigenvalue weighted by Crippen LogP contribution is 2.33. The first-order valence-corrected chi connectivity index (χ1v) is 3.67. The summed E-state index contributed by atoms with van der Waals surface area (Å²) in [6.45, 7) is 5.21. The van der Waals surface area contributed by atoms with E-state index in [2.05, 4.69) is 11.3 Å². The molecule has 12 heavy (non-hydrogen) atoms. The number of carbonyl (C=O) groups excluding carboxylic acids is 1. The molecular weight excluding hydrogens is 160 g/mol. The number of hydrogen-bond acceptors (Lipinski definition) is 4. The van der Waals surface area contributed by atoms with Gasteiger partial charge in [0.1, 0.15) is 5.76 Å². The monoisotopic (exact) mass is 172 g/mol. The first kappa shape index (κ1) is 9.06. The minimum atomic E-state index is -1.64. The summed E-state index contributed by atoms with van der Waals surface area (Å²) in [5.41, 5.74) is -1.64. The molecule has 2 atom stereocenters. The lowest BCUT2D eigenvalue weighted by molar-refractivity contribution is -0.158. The van der Waals surface area contributed by atoms with Gasteiger partial charge in [0.25, 0.3) is 0 Å². The SMILES string of the molecule is C=C1OC(C)CC1(O)C(=O)OC. The Kier molecular flexibility index (Phi) is 2.10. The van der Waals surface area contributed by atoms with E-state index in [0.29, 0.717) is 0 Å². The first-order chi connectivity index (χ1) is 5.50. The largest absolute Gasteiger partial charge is 0.492 e. The fourth-order valence-electron chi connectivity index (χ4n) is 1.28. The van der Waals surface area contributed by atoms with Crippen LogP contribution in [0.5, 0.6) is 0 Å². The molecule has 1 aliphatic heterocycles. The summed E-state index contributed by atoms with van der Waals surface area (Å²) < 4.78 is 9.48. The van der Waals surface area contributed by atoms with Gasteiger partial charge < -0.3 is 14.6 Å². The van der Waals surface area contributed by atoms with Crippen LogP contribution in [0.1, 0.15) is 13.3 Å². The van der Waals surface area contributed by atoms with E-state index in [1.54, 1.807) is 6.92 Å². The van der Waals surface area contributed by atoms with Crippen LogP contribution in [-0.2, 0) is 14.3 Å². The number of methoxy groups -OCH3 is 1. The first-order valence-electron chi connectivity index (χ1n) is 3.67. The molecule has 0 aromatic rings. The second kappa shape index (κ2) is 2.79. The van der Waals surface area contributed by atoms with Gasteiger partial charge in [0.2, 0.25) is 5.60 Å². The summed E-state index contributed by atoms with van der Waals surface area (Å²) in [7, 11) is 1.22. The van der Waals surface area contributed by atoms with Gasteiger partial charge in [0.05, 0.1) is 13.2 Å². The number of esters is 1. The molecule has 4 heteroatoms. The molecule has 1 aliphatic rings. The van der Waals surface area contributed by atoms with Crippen molar-refractivity contribution in [3.8, 4) is 0 Å². The Bertz CT molecular complexity index is 213. The van der Waals surface area contributed by atoms with E-state index >= 15 is 0 Å². The number of hydrogen-bond donors (Lipinski definition) is 1. The van der Waals surface area contributed by atoms with Crippen molar-refractivity contribution in [1.82, 2.24) is 0 Å². The zero-order valence-corrected chi connectivity index (χ0v) is 7.16. The van der Waals surface area contributed by atoms with Gasteiger partial charge in [-0.1, -0.05) is 6.58 Å². The quantitative estimate of drug-likeness (QED) is 0.574. The minimum absolute atomic E-state index is 0.0712. The minimum Gasteiger partial charge on any atom is -0.492 e. The second-order valence-corrected chi connectivity index (χ2v) is 2.91. The predicted octanol–water partition coefficient (Wildman–Crippen LogP) is 0.213. The summed E-state index contributed by atoms with van der Waals surface area (Å²) in [4.78, 5) is 11.1. The van der Waals surface area contributed by atoms with Crippen molar-refractivity contribution in [2.45, 2.75) is 25.0 Å². The topological polar surface area (TPSA) is 55.8 Å². The van der Waals surface area contributed by atoms with Crippen molar-refractivity contribution in [3.63, 3.8) is 0 Å². The predicted molar refractivity (Wildman–Crippen MR) is 41.3 cm³/mol. The second-order valence-electron chi connectivity index (χ2n) is 2.91. The summed E-state index contributed by atoms with van der Waals surface area (Å²) in [6, 6.07) is 0. The van der Waals surface area contributed by atoms with Gasteiger partial charge in [-0.3, -0.25) is 0 Å². The van der Waals surface area contributed by atoms with Crippen molar-refractivity contribution in [2.75, 3.05) is 7.11 Å². The molecule has 0 radical (unpaired) electrons. The molecule has 0 aromatic carbocycles. The van der Waals surface area contributed by atoms with Gasteiger partial charge in [0, 0.05) is 6.42 Å². The lowest BCUT2D eigenvalue weighted by atomic mass is 9.99. The standard InChI is InChI=1S/C8H12O4/c1-5-4-8(10,6(2)12-5)7(9)11-3/h5,10H,2,4H2,1,3H3. The van der Waals surface area contributed by atoms with Gasteiger partial charge in [-0.2, -0.15) is 0 Å².